The van der Waals surface area contributed by atoms with Crippen LogP contribution in [0, 0.1) is 0 Å². The number of nitrogens with one attached hydrogen (secondary N) is 1. The van der Waals surface area contributed by atoms with Gasteiger partial charge < -0.3 is 24.1 Å². The van der Waals surface area contributed by atoms with Gasteiger partial charge in [0.25, 0.3) is 11.6 Å². The van der Waals surface area contributed by atoms with E-state index in [2.05, 4.69) is 20.4 Å². The number of rotatable bonds is 7. The summed E-state index contributed by atoms with van der Waals surface area (Å²) in [4.78, 5) is 20.7. The molecule has 2 heterocycles. The van der Waals surface area contributed by atoms with Crippen molar-refractivity contribution in [2.45, 2.75) is 0 Å². The van der Waals surface area contributed by atoms with Crippen molar-refractivity contribution in [3.05, 3.63) is 53.8 Å². The van der Waals surface area contributed by atoms with Crippen LogP contribution in [0.1, 0.15) is 0 Å². The van der Waals surface area contributed by atoms with E-state index in [1.807, 2.05) is 30.3 Å². The average Bonchev–Trinajstić information content (AvgIpc) is 3.23. The molecule has 1 amide bonds. The zero-order chi connectivity index (χ0) is 21.8. The molecular formula is C21H17ClN4O5. The van der Waals surface area contributed by atoms with Gasteiger partial charge in [0.1, 0.15) is 28.9 Å². The predicted octanol–water partition coefficient (Wildman–Crippen LogP) is 3.97. The van der Waals surface area contributed by atoms with Gasteiger partial charge in [-0.2, -0.15) is 4.98 Å². The van der Waals surface area contributed by atoms with Crippen LogP contribution in [0.4, 0.5) is 5.69 Å². The highest BCUT2D eigenvalue weighted by Crippen LogP contribution is 2.36. The van der Waals surface area contributed by atoms with Gasteiger partial charge in [0.05, 0.1) is 24.9 Å². The molecule has 0 bridgehead atoms. The Kier molecular flexibility index (Phi) is 5.85. The summed E-state index contributed by atoms with van der Waals surface area (Å²) in [5.74, 6) is 0.561. The number of benzene rings is 2. The van der Waals surface area contributed by atoms with Crippen molar-refractivity contribution in [3.8, 4) is 28.6 Å². The van der Waals surface area contributed by atoms with Crippen molar-refractivity contribution >= 4 is 34.3 Å². The SMILES string of the molecule is COc1cc(OC)c(NC(=O)COc2ncnc3onc(-c4ccccc4)c23)cc1Cl. The number of hydrogen-bond acceptors (Lipinski definition) is 8. The monoisotopic (exact) mass is 440 g/mol. The van der Waals surface area contributed by atoms with Gasteiger partial charge in [0, 0.05) is 11.6 Å². The Morgan fingerprint density at radius 2 is 1.87 bits per heavy atom. The largest absolute Gasteiger partial charge is 0.495 e. The summed E-state index contributed by atoms with van der Waals surface area (Å²) in [6.07, 6.45) is 1.28. The van der Waals surface area contributed by atoms with Crippen molar-refractivity contribution in [2.24, 2.45) is 0 Å². The van der Waals surface area contributed by atoms with Crippen LogP contribution in [0.2, 0.25) is 5.02 Å². The van der Waals surface area contributed by atoms with Crippen molar-refractivity contribution in [3.63, 3.8) is 0 Å². The van der Waals surface area contributed by atoms with E-state index in [0.717, 1.165) is 5.56 Å². The van der Waals surface area contributed by atoms with Gasteiger partial charge >= 0.3 is 0 Å². The lowest BCUT2D eigenvalue weighted by atomic mass is 10.1. The van der Waals surface area contributed by atoms with E-state index in [4.69, 9.17) is 30.3 Å². The van der Waals surface area contributed by atoms with Gasteiger partial charge in [-0.15, -0.1) is 0 Å². The third-order valence-electron chi connectivity index (χ3n) is 4.37. The molecule has 1 N–H and O–H groups in total. The second-order valence-electron chi connectivity index (χ2n) is 6.28. The number of nitrogens with zero attached hydrogens (tertiary/aromatic N) is 3. The lowest BCUT2D eigenvalue weighted by Gasteiger charge is -2.13. The van der Waals surface area contributed by atoms with Gasteiger partial charge in [-0.3, -0.25) is 4.79 Å². The van der Waals surface area contributed by atoms with Crippen LogP contribution in [-0.2, 0) is 4.79 Å². The van der Waals surface area contributed by atoms with Crippen LogP contribution in [0.5, 0.6) is 17.4 Å². The predicted molar refractivity (Wildman–Crippen MR) is 114 cm³/mol. The Morgan fingerprint density at radius 3 is 2.61 bits per heavy atom. The number of carbonyl (C=O) groups excluding carboxylic acids is 1. The number of ether oxygens (including phenoxy) is 3. The van der Waals surface area contributed by atoms with Crippen molar-refractivity contribution in [2.75, 3.05) is 26.1 Å². The van der Waals surface area contributed by atoms with Gasteiger partial charge in [0.2, 0.25) is 5.88 Å². The molecule has 158 valence electrons. The van der Waals surface area contributed by atoms with E-state index in [0.29, 0.717) is 33.3 Å². The average molecular weight is 441 g/mol. The zero-order valence-electron chi connectivity index (χ0n) is 16.6. The normalized spacial score (nSPS) is 10.7. The lowest BCUT2D eigenvalue weighted by molar-refractivity contribution is -0.118. The summed E-state index contributed by atoms with van der Waals surface area (Å²) in [7, 11) is 2.97. The molecule has 31 heavy (non-hydrogen) atoms. The van der Waals surface area contributed by atoms with Crippen LogP contribution < -0.4 is 19.5 Å². The summed E-state index contributed by atoms with van der Waals surface area (Å²) in [5.41, 5.74) is 1.97. The molecule has 0 unspecified atom stereocenters. The minimum Gasteiger partial charge on any atom is -0.495 e. The van der Waals surface area contributed by atoms with Gasteiger partial charge in [-0.05, 0) is 6.07 Å². The smallest absolute Gasteiger partial charge is 0.265 e. The van der Waals surface area contributed by atoms with Gasteiger partial charge in [-0.25, -0.2) is 4.98 Å². The van der Waals surface area contributed by atoms with Crippen LogP contribution in [0.15, 0.2) is 53.3 Å². The van der Waals surface area contributed by atoms with Crippen LogP contribution in [0.3, 0.4) is 0 Å². The Labute approximate surface area is 181 Å². The molecule has 9 nitrogen and oxygen atoms in total. The van der Waals surface area contributed by atoms with E-state index in [-0.39, 0.29) is 18.2 Å². The summed E-state index contributed by atoms with van der Waals surface area (Å²) in [5, 5.41) is 7.58. The summed E-state index contributed by atoms with van der Waals surface area (Å²) >= 11 is 6.15. The Balaban J connectivity index is 1.54. The fourth-order valence-corrected chi connectivity index (χ4v) is 3.18. The number of hydrogen-bond donors (Lipinski definition) is 1. The molecule has 0 atom stereocenters. The Hall–Kier alpha value is -3.85. The molecule has 0 aliphatic heterocycles. The zero-order valence-corrected chi connectivity index (χ0v) is 17.3. The molecule has 0 spiro atoms. The molecule has 0 saturated carbocycles. The molecule has 2 aromatic carbocycles. The number of fused-ring (bicyclic) bond motifs is 1. The Morgan fingerprint density at radius 1 is 1.10 bits per heavy atom. The molecule has 10 heteroatoms. The number of amides is 1. The summed E-state index contributed by atoms with van der Waals surface area (Å²) < 4.78 is 21.4. The molecule has 2 aromatic heterocycles. The first-order valence-electron chi connectivity index (χ1n) is 9.10. The number of methoxy groups -OCH3 is 2. The second kappa shape index (κ2) is 8.88. The van der Waals surface area contributed by atoms with Crippen molar-refractivity contribution in [1.29, 1.82) is 0 Å². The maximum absolute atomic E-state index is 12.5. The quantitative estimate of drug-likeness (QED) is 0.459. The molecule has 0 aliphatic rings. The maximum atomic E-state index is 12.5. The Bertz CT molecular complexity index is 1230. The third kappa shape index (κ3) is 4.22. The standard InChI is InChI=1S/C21H17ClN4O5/c1-28-15-9-16(29-2)14(8-13(15)22)25-17(27)10-30-20-18-19(12-6-4-3-5-7-12)26-31-21(18)24-11-23-20/h3-9,11H,10H2,1-2H3,(H,25,27). The number of carbonyl (C=O) groups is 1. The molecule has 0 fully saturated rings. The first kappa shape index (κ1) is 20.4. The highest BCUT2D eigenvalue weighted by atomic mass is 35.5. The third-order valence-corrected chi connectivity index (χ3v) is 4.67. The summed E-state index contributed by atoms with van der Waals surface area (Å²) in [6.45, 7) is -0.321. The topological polar surface area (TPSA) is 109 Å². The van der Waals surface area contributed by atoms with Crippen molar-refractivity contribution in [1.82, 2.24) is 15.1 Å². The first-order valence-corrected chi connectivity index (χ1v) is 9.48. The van der Waals surface area contributed by atoms with E-state index < -0.39 is 5.91 Å². The molecule has 4 aromatic rings. The van der Waals surface area contributed by atoms with E-state index in [9.17, 15) is 4.79 Å². The number of halogens is 1. The number of aromatic nitrogens is 3. The van der Waals surface area contributed by atoms with Gasteiger partial charge in [-0.1, -0.05) is 47.1 Å². The number of anilines is 1. The minimum atomic E-state index is -0.441. The fraction of sp³-hybridized carbons (Fsp3) is 0.143. The second-order valence-corrected chi connectivity index (χ2v) is 6.69. The van der Waals surface area contributed by atoms with Gasteiger partial charge in [0.15, 0.2) is 6.61 Å². The highest BCUT2D eigenvalue weighted by molar-refractivity contribution is 6.32. The van der Waals surface area contributed by atoms with E-state index >= 15 is 0 Å². The fourth-order valence-electron chi connectivity index (χ4n) is 2.94. The van der Waals surface area contributed by atoms with Crippen LogP contribution in [-0.4, -0.2) is 41.9 Å². The van der Waals surface area contributed by atoms with E-state index in [1.165, 1.54) is 26.6 Å². The minimum absolute atomic E-state index is 0.181. The van der Waals surface area contributed by atoms with Crippen LogP contribution in [0.25, 0.3) is 22.4 Å². The first-order chi connectivity index (χ1) is 15.1. The molecule has 0 aliphatic carbocycles. The molecule has 0 saturated heterocycles. The van der Waals surface area contributed by atoms with Crippen molar-refractivity contribution < 1.29 is 23.5 Å². The molecule has 4 rings (SSSR count). The van der Waals surface area contributed by atoms with Crippen LogP contribution >= 0.6 is 11.6 Å². The lowest BCUT2D eigenvalue weighted by Crippen LogP contribution is -2.21. The molecular weight excluding hydrogens is 424 g/mol. The highest BCUT2D eigenvalue weighted by Gasteiger charge is 2.19. The van der Waals surface area contributed by atoms with E-state index in [1.54, 1.807) is 6.07 Å². The maximum Gasteiger partial charge on any atom is 0.265 e. The summed E-state index contributed by atoms with van der Waals surface area (Å²) in [6, 6.07) is 12.5. The molecule has 0 radical (unpaired) electrons.